The Morgan fingerprint density at radius 3 is 1.63 bits per heavy atom. The molecule has 0 aliphatic heterocycles. The fourth-order valence-corrected chi connectivity index (χ4v) is 5.88. The Kier molecular flexibility index (Phi) is 26.6. The fraction of sp³-hybridized carbons (Fsp3) is 0.647. The molecule has 3 saturated carbocycles. The number of amides is 1. The molecule has 0 bridgehead atoms. The molecule has 4 aliphatic carbocycles. The maximum atomic E-state index is 11.1. The Hall–Kier alpha value is -0.639. The minimum Gasteiger partial charge on any atom is -0.668 e. The second-order valence-electron chi connectivity index (χ2n) is 11.1. The van der Waals surface area contributed by atoms with Gasteiger partial charge in [0.1, 0.15) is 0 Å². The molecule has 4 rings (SSSR count). The molecule has 0 heterocycles. The molecule has 2 nitrogen and oxygen atoms in total. The number of hydrogen-bond acceptors (Lipinski definition) is 1. The van der Waals surface area contributed by atoms with Gasteiger partial charge in [0, 0.05) is 5.92 Å². The molecule has 0 spiro atoms. The van der Waals surface area contributed by atoms with Crippen molar-refractivity contribution in [2.24, 2.45) is 29.6 Å². The smallest absolute Gasteiger partial charge is 0.668 e. The third kappa shape index (κ3) is 15.8. The quantitative estimate of drug-likeness (QED) is 0.184. The largest absolute Gasteiger partial charge is 4.00 e. The molecule has 4 aliphatic rings. The van der Waals surface area contributed by atoms with Gasteiger partial charge in [-0.05, 0) is 43.6 Å². The molecule has 0 aromatic rings. The minimum atomic E-state index is -0.327. The van der Waals surface area contributed by atoms with Crippen molar-refractivity contribution in [3.8, 4) is 0 Å². The molecule has 4 unspecified atom stereocenters. The van der Waals surface area contributed by atoms with Gasteiger partial charge in [0.2, 0.25) is 0 Å². The summed E-state index contributed by atoms with van der Waals surface area (Å²) in [5, 5.41) is 0. The van der Waals surface area contributed by atoms with Gasteiger partial charge in [0.15, 0.2) is 0 Å². The van der Waals surface area contributed by atoms with Crippen LogP contribution in [-0.2, 0) is 26.5 Å². The molecule has 216 valence electrons. The van der Waals surface area contributed by atoms with Crippen LogP contribution in [0.2, 0.25) is 0 Å². The summed E-state index contributed by atoms with van der Waals surface area (Å²) >= 11 is 0. The van der Waals surface area contributed by atoms with Crippen LogP contribution in [0.15, 0.2) is 48.6 Å². The summed E-state index contributed by atoms with van der Waals surface area (Å²) in [4.78, 5) is 11.1. The standard InChI is InChI=1S/C13H25NO.C13H17.C6H10.2CH3.H4Si.Ti/c14-13(15)12-10-8-6-4-2-1-3-5-7-9-11-12;1-3-7-12-10(5-1)9-11-6-2-4-8-13(11)12;1-5(2)6(3)4;;;;/h12H,1-11H2,(H2,14,15);1,3,5,7,9-13H,2,4,6,8H2;1,3H2,2,4H3;2*1H3;1H4;/q;-1;;2*-1;;+4/p-1. The van der Waals surface area contributed by atoms with E-state index >= 15 is 0 Å². The second kappa shape index (κ2) is 24.2. The molecule has 4 atom stereocenters. The van der Waals surface area contributed by atoms with E-state index in [1.54, 1.807) is 0 Å². The third-order valence-electron chi connectivity index (χ3n) is 8.27. The van der Waals surface area contributed by atoms with Gasteiger partial charge in [-0.3, -0.25) is 0 Å². The number of nitrogens with one attached hydrogen (secondary N) is 1. The molecule has 1 N–H and O–H groups in total. The van der Waals surface area contributed by atoms with E-state index in [2.05, 4.69) is 43.9 Å². The van der Waals surface area contributed by atoms with E-state index in [-0.39, 0.29) is 59.4 Å². The maximum absolute atomic E-state index is 11.1. The van der Waals surface area contributed by atoms with Gasteiger partial charge in [0.05, 0.1) is 5.91 Å². The number of carbonyl (C=O) groups excluding carboxylic acids is 1. The molecule has 38 heavy (non-hydrogen) atoms. The Morgan fingerprint density at radius 2 is 1.16 bits per heavy atom. The van der Waals surface area contributed by atoms with Crippen molar-refractivity contribution in [1.82, 2.24) is 0 Å². The summed E-state index contributed by atoms with van der Waals surface area (Å²) in [6.07, 6.45) is 31.2. The van der Waals surface area contributed by atoms with Gasteiger partial charge in [-0.25, -0.2) is 0 Å². The Morgan fingerprint density at radius 1 is 0.737 bits per heavy atom. The molecule has 0 radical (unpaired) electrons. The van der Waals surface area contributed by atoms with E-state index in [4.69, 9.17) is 5.73 Å². The first kappa shape index (κ1) is 41.8. The SMILES string of the molecule is C1=CC2[CH-]C3CCCCC3C2C=C1.C=C(C)C(=C)C.[CH3-].[CH3-].[NH-]C(=O)C1CCCCCCCCCCC1.[SiH4].[Ti+4]. The number of carbonyl (C=O) groups is 1. The summed E-state index contributed by atoms with van der Waals surface area (Å²) < 4.78 is 0. The molecule has 0 aromatic heterocycles. The minimum absolute atomic E-state index is 0. The molecule has 0 aromatic carbocycles. The summed E-state index contributed by atoms with van der Waals surface area (Å²) in [6, 6.07) is 0. The first-order chi connectivity index (χ1) is 16.4. The van der Waals surface area contributed by atoms with Crippen LogP contribution in [0.5, 0.6) is 0 Å². The predicted octanol–water partition coefficient (Wildman–Crippen LogP) is 9.44. The van der Waals surface area contributed by atoms with Crippen LogP contribution >= 0.6 is 0 Å². The van der Waals surface area contributed by atoms with E-state index in [9.17, 15) is 4.79 Å². The average molecular weight is 576 g/mol. The Balaban J connectivity index is -0.000000493. The van der Waals surface area contributed by atoms with Crippen LogP contribution < -0.4 is 0 Å². The van der Waals surface area contributed by atoms with Crippen LogP contribution in [-0.4, -0.2) is 16.9 Å². The zero-order valence-corrected chi connectivity index (χ0v) is 26.3. The van der Waals surface area contributed by atoms with Gasteiger partial charge in [-0.15, -0.1) is 12.0 Å². The monoisotopic (exact) mass is 575 g/mol. The van der Waals surface area contributed by atoms with Crippen LogP contribution in [0.3, 0.4) is 0 Å². The topological polar surface area (TPSA) is 40.9 Å². The maximum Gasteiger partial charge on any atom is 4.00 e. The third-order valence-corrected chi connectivity index (χ3v) is 8.27. The summed E-state index contributed by atoms with van der Waals surface area (Å²) in [5.74, 6) is 3.28. The van der Waals surface area contributed by atoms with Crippen molar-refractivity contribution in [2.45, 2.75) is 110 Å². The van der Waals surface area contributed by atoms with Crippen molar-refractivity contribution in [3.05, 3.63) is 75.6 Å². The fourth-order valence-electron chi connectivity index (χ4n) is 5.88. The number of allylic oxidation sites excluding steroid dienone is 6. The predicted molar refractivity (Wildman–Crippen MR) is 172 cm³/mol. The van der Waals surface area contributed by atoms with Gasteiger partial charge in [-0.2, -0.15) is 5.92 Å². The van der Waals surface area contributed by atoms with Crippen LogP contribution in [0.1, 0.15) is 110 Å². The van der Waals surface area contributed by atoms with Crippen molar-refractivity contribution in [1.29, 1.82) is 0 Å². The Labute approximate surface area is 257 Å². The van der Waals surface area contributed by atoms with Crippen LogP contribution in [0.25, 0.3) is 5.73 Å². The van der Waals surface area contributed by atoms with E-state index in [0.29, 0.717) is 0 Å². The van der Waals surface area contributed by atoms with Gasteiger partial charge in [0.25, 0.3) is 0 Å². The zero-order valence-electron chi connectivity index (χ0n) is 24.7. The number of rotatable bonds is 2. The van der Waals surface area contributed by atoms with Crippen LogP contribution in [0.4, 0.5) is 0 Å². The average Bonchev–Trinajstić information content (AvgIpc) is 3.19. The van der Waals surface area contributed by atoms with Crippen molar-refractivity contribution < 1.29 is 26.5 Å². The van der Waals surface area contributed by atoms with E-state index < -0.39 is 0 Å². The summed E-state index contributed by atoms with van der Waals surface area (Å²) in [6.45, 7) is 11.2. The van der Waals surface area contributed by atoms with E-state index in [0.717, 1.165) is 60.5 Å². The molecule has 0 saturated heterocycles. The van der Waals surface area contributed by atoms with Gasteiger partial charge in [-0.1, -0.05) is 132 Å². The molecular weight excluding hydrogens is 514 g/mol. The first-order valence-electron chi connectivity index (χ1n) is 14.2. The summed E-state index contributed by atoms with van der Waals surface area (Å²) in [7, 11) is 0. The normalized spacial score (nSPS) is 26.4. The second-order valence-corrected chi connectivity index (χ2v) is 11.1. The molecule has 4 heteroatoms. The molecule has 3 fully saturated rings. The number of fused-ring (bicyclic) bond motifs is 3. The number of hydrogen-bond donors (Lipinski definition) is 0. The van der Waals surface area contributed by atoms with Gasteiger partial charge < -0.3 is 31.8 Å². The van der Waals surface area contributed by atoms with Crippen molar-refractivity contribution in [3.63, 3.8) is 0 Å². The van der Waals surface area contributed by atoms with E-state index in [1.807, 2.05) is 13.8 Å². The van der Waals surface area contributed by atoms with Crippen molar-refractivity contribution in [2.75, 3.05) is 0 Å². The molecule has 1 amide bonds. The first-order valence-corrected chi connectivity index (χ1v) is 14.2. The molecular formula is C34H61NOSiTi. The Bertz CT molecular complexity index is 677. The summed E-state index contributed by atoms with van der Waals surface area (Å²) in [5.41, 5.74) is 9.36. The van der Waals surface area contributed by atoms with Crippen LogP contribution in [0, 0.1) is 50.9 Å². The zero-order chi connectivity index (χ0) is 24.8. The van der Waals surface area contributed by atoms with Crippen molar-refractivity contribution >= 4 is 16.9 Å². The van der Waals surface area contributed by atoms with Gasteiger partial charge >= 0.3 is 21.7 Å². The van der Waals surface area contributed by atoms with E-state index in [1.165, 1.54) is 70.6 Å².